The normalized spacial score (nSPS) is 10.2. The molecule has 1 aromatic carbocycles. The van der Waals surface area contributed by atoms with E-state index in [1.807, 2.05) is 24.3 Å². The van der Waals surface area contributed by atoms with Crippen molar-refractivity contribution in [2.24, 2.45) is 0 Å². The van der Waals surface area contributed by atoms with Gasteiger partial charge in [-0.05, 0) is 36.8 Å². The van der Waals surface area contributed by atoms with Crippen molar-refractivity contribution >= 4 is 11.6 Å². The summed E-state index contributed by atoms with van der Waals surface area (Å²) in [7, 11) is 0. The molecule has 4 nitrogen and oxygen atoms in total. The second-order valence-corrected chi connectivity index (χ2v) is 5.02. The quantitative estimate of drug-likeness (QED) is 0.655. The highest BCUT2D eigenvalue weighted by Crippen LogP contribution is 2.15. The van der Waals surface area contributed by atoms with Gasteiger partial charge in [-0.3, -0.25) is 4.79 Å². The van der Waals surface area contributed by atoms with Crippen LogP contribution in [0.4, 0.5) is 5.69 Å². The van der Waals surface area contributed by atoms with Gasteiger partial charge in [0.05, 0.1) is 6.61 Å². The fraction of sp³-hybridized carbons (Fsp3) is 0.294. The van der Waals surface area contributed by atoms with Gasteiger partial charge in [-0.15, -0.1) is 0 Å². The molecule has 1 amide bonds. The third-order valence-electron chi connectivity index (χ3n) is 3.06. The van der Waals surface area contributed by atoms with Crippen molar-refractivity contribution in [3.8, 4) is 5.75 Å². The molecule has 21 heavy (non-hydrogen) atoms. The first kappa shape index (κ1) is 15.0. The van der Waals surface area contributed by atoms with Gasteiger partial charge in [-0.25, -0.2) is 4.57 Å². The molecule has 0 bridgehead atoms. The Morgan fingerprint density at radius 2 is 1.81 bits per heavy atom. The predicted octanol–water partition coefficient (Wildman–Crippen LogP) is 2.71. The van der Waals surface area contributed by atoms with Crippen LogP contribution in [0.3, 0.4) is 0 Å². The van der Waals surface area contributed by atoms with Crippen LogP contribution in [0.2, 0.25) is 0 Å². The lowest BCUT2D eigenvalue weighted by molar-refractivity contribution is -0.697. The Bertz CT molecular complexity index is 577. The molecular weight excluding hydrogens is 264 g/mol. The first-order valence-electron chi connectivity index (χ1n) is 7.09. The van der Waals surface area contributed by atoms with Gasteiger partial charge in [0.25, 0.3) is 0 Å². The Labute approximate surface area is 125 Å². The number of ether oxygens (including phenoxy) is 1. The summed E-state index contributed by atoms with van der Waals surface area (Å²) in [6.07, 6.45) is 5.11. The zero-order chi connectivity index (χ0) is 15.1. The van der Waals surface area contributed by atoms with Crippen LogP contribution in [0.25, 0.3) is 0 Å². The second kappa shape index (κ2) is 7.43. The summed E-state index contributed by atoms with van der Waals surface area (Å²) in [5, 5.41) is 2.73. The average molecular weight is 285 g/mol. The van der Waals surface area contributed by atoms with Gasteiger partial charge in [0.15, 0.2) is 18.9 Å². The summed E-state index contributed by atoms with van der Waals surface area (Å²) >= 11 is 0. The Kier molecular flexibility index (Phi) is 5.32. The van der Waals surface area contributed by atoms with Crippen LogP contribution in [0, 0.1) is 6.92 Å². The van der Waals surface area contributed by atoms with E-state index in [4.69, 9.17) is 4.74 Å². The van der Waals surface area contributed by atoms with Crippen LogP contribution in [-0.2, 0) is 11.3 Å². The van der Waals surface area contributed by atoms with Gasteiger partial charge in [-0.2, -0.15) is 0 Å². The molecule has 2 aromatic rings. The minimum atomic E-state index is -0.0706. The van der Waals surface area contributed by atoms with Crippen molar-refractivity contribution in [1.82, 2.24) is 0 Å². The van der Waals surface area contributed by atoms with Gasteiger partial charge in [0.2, 0.25) is 5.91 Å². The number of nitrogens with zero attached hydrogens (tertiary/aromatic N) is 1. The van der Waals surface area contributed by atoms with Crippen LogP contribution in [-0.4, -0.2) is 12.5 Å². The molecule has 0 aliphatic heterocycles. The van der Waals surface area contributed by atoms with E-state index in [0.717, 1.165) is 24.4 Å². The van der Waals surface area contributed by atoms with Crippen LogP contribution in [0.5, 0.6) is 5.75 Å². The number of aromatic nitrogens is 1. The summed E-state index contributed by atoms with van der Waals surface area (Å²) in [5.41, 5.74) is 2.05. The number of carbonyl (C=O) groups excluding carboxylic acids is 1. The fourth-order valence-corrected chi connectivity index (χ4v) is 1.96. The number of nitrogens with one attached hydrogen (secondary N) is 1. The Balaban J connectivity index is 1.73. The average Bonchev–Trinajstić information content (AvgIpc) is 2.46. The zero-order valence-electron chi connectivity index (χ0n) is 12.5. The number of benzene rings is 1. The lowest BCUT2D eigenvalue weighted by Crippen LogP contribution is -2.33. The molecule has 2 rings (SSSR count). The monoisotopic (exact) mass is 285 g/mol. The first-order valence-corrected chi connectivity index (χ1v) is 7.09. The molecule has 1 N–H and O–H groups in total. The maximum absolute atomic E-state index is 10.9. The molecule has 0 unspecified atom stereocenters. The first-order chi connectivity index (χ1) is 10.1. The van der Waals surface area contributed by atoms with Crippen molar-refractivity contribution in [2.45, 2.75) is 26.8 Å². The van der Waals surface area contributed by atoms with E-state index in [9.17, 15) is 4.79 Å². The summed E-state index contributed by atoms with van der Waals surface area (Å²) < 4.78 is 7.83. The topological polar surface area (TPSA) is 42.2 Å². The molecule has 110 valence electrons. The summed E-state index contributed by atoms with van der Waals surface area (Å²) in [5.74, 6) is 0.747. The molecule has 0 fully saturated rings. The van der Waals surface area contributed by atoms with E-state index in [1.165, 1.54) is 12.5 Å². The summed E-state index contributed by atoms with van der Waals surface area (Å²) in [6, 6.07) is 11.6. The minimum Gasteiger partial charge on any atom is -0.493 e. The molecule has 0 saturated heterocycles. The standard InChI is InChI=1S/C17H20N2O2/c1-14-8-11-19(12-9-14)10-3-13-21-17-6-4-16(5-7-17)18-15(2)20/h4-9,11-12H,3,10,13H2,1-2H3/p+1. The number of carbonyl (C=O) groups is 1. The van der Waals surface area contributed by atoms with Crippen LogP contribution in [0.15, 0.2) is 48.8 Å². The van der Waals surface area contributed by atoms with Gasteiger partial charge < -0.3 is 10.1 Å². The third-order valence-corrected chi connectivity index (χ3v) is 3.06. The maximum Gasteiger partial charge on any atom is 0.221 e. The highest BCUT2D eigenvalue weighted by Gasteiger charge is 2.01. The van der Waals surface area contributed by atoms with Gasteiger partial charge in [-0.1, -0.05) is 0 Å². The number of rotatable bonds is 6. The number of anilines is 1. The molecule has 0 spiro atoms. The van der Waals surface area contributed by atoms with Gasteiger partial charge >= 0.3 is 0 Å². The lowest BCUT2D eigenvalue weighted by Gasteiger charge is -2.06. The molecule has 0 radical (unpaired) electrons. The number of aryl methyl sites for hydroxylation is 2. The lowest BCUT2D eigenvalue weighted by atomic mass is 10.3. The molecule has 1 aromatic heterocycles. The van der Waals surface area contributed by atoms with Crippen molar-refractivity contribution in [3.05, 3.63) is 54.4 Å². The number of hydrogen-bond donors (Lipinski definition) is 1. The zero-order valence-corrected chi connectivity index (χ0v) is 12.5. The molecule has 1 heterocycles. The SMILES string of the molecule is CC(=O)Nc1ccc(OCCC[n+]2ccc(C)cc2)cc1. The van der Waals surface area contributed by atoms with Gasteiger partial charge in [0, 0.05) is 31.2 Å². The van der Waals surface area contributed by atoms with Crippen LogP contribution >= 0.6 is 0 Å². The minimum absolute atomic E-state index is 0.0706. The highest BCUT2D eigenvalue weighted by atomic mass is 16.5. The van der Waals surface area contributed by atoms with E-state index >= 15 is 0 Å². The molecular formula is C17H21N2O2+. The second-order valence-electron chi connectivity index (χ2n) is 5.02. The van der Waals surface area contributed by atoms with Crippen molar-refractivity contribution in [3.63, 3.8) is 0 Å². The predicted molar refractivity (Wildman–Crippen MR) is 82.2 cm³/mol. The van der Waals surface area contributed by atoms with Crippen LogP contribution in [0.1, 0.15) is 18.9 Å². The Morgan fingerprint density at radius 3 is 2.43 bits per heavy atom. The summed E-state index contributed by atoms with van der Waals surface area (Å²) in [6.45, 7) is 5.18. The van der Waals surface area contributed by atoms with Crippen molar-refractivity contribution in [1.29, 1.82) is 0 Å². The highest BCUT2D eigenvalue weighted by molar-refractivity contribution is 5.88. The maximum atomic E-state index is 10.9. The van der Waals surface area contributed by atoms with E-state index in [1.54, 1.807) is 0 Å². The van der Waals surface area contributed by atoms with E-state index in [0.29, 0.717) is 6.61 Å². The number of pyridine rings is 1. The van der Waals surface area contributed by atoms with Crippen LogP contribution < -0.4 is 14.6 Å². The van der Waals surface area contributed by atoms with Gasteiger partial charge in [0.1, 0.15) is 5.75 Å². The molecule has 0 aliphatic rings. The number of hydrogen-bond acceptors (Lipinski definition) is 2. The Hall–Kier alpha value is -2.36. The third kappa shape index (κ3) is 5.26. The fourth-order valence-electron chi connectivity index (χ4n) is 1.96. The number of amides is 1. The molecule has 0 atom stereocenters. The van der Waals surface area contributed by atoms with Crippen molar-refractivity contribution in [2.75, 3.05) is 11.9 Å². The van der Waals surface area contributed by atoms with Crippen molar-refractivity contribution < 1.29 is 14.1 Å². The molecule has 0 aliphatic carbocycles. The molecule has 0 saturated carbocycles. The van der Waals surface area contributed by atoms with E-state index in [-0.39, 0.29) is 5.91 Å². The van der Waals surface area contributed by atoms with E-state index in [2.05, 4.69) is 41.3 Å². The smallest absolute Gasteiger partial charge is 0.221 e. The van der Waals surface area contributed by atoms with E-state index < -0.39 is 0 Å². The molecule has 4 heteroatoms. The largest absolute Gasteiger partial charge is 0.493 e. The Morgan fingerprint density at radius 1 is 1.14 bits per heavy atom. The summed E-state index contributed by atoms with van der Waals surface area (Å²) in [4.78, 5) is 10.9.